The lowest BCUT2D eigenvalue weighted by Crippen LogP contribution is -2.20. The van der Waals surface area contributed by atoms with Crippen molar-refractivity contribution in [1.82, 2.24) is 9.78 Å². The number of rotatable bonds is 6. The number of nitrogens with one attached hydrogen (secondary N) is 2. The third kappa shape index (κ3) is 4.75. The summed E-state index contributed by atoms with van der Waals surface area (Å²) in [7, 11) is 3.05. The number of carbonyl (C=O) groups is 1. The van der Waals surface area contributed by atoms with Crippen LogP contribution >= 0.6 is 0 Å². The molecule has 3 aromatic rings. The zero-order valence-electron chi connectivity index (χ0n) is 14.9. The van der Waals surface area contributed by atoms with Crippen LogP contribution in [0.5, 0.6) is 11.5 Å². The van der Waals surface area contributed by atoms with E-state index in [2.05, 4.69) is 15.7 Å². The Kier molecular flexibility index (Phi) is 5.55. The Bertz CT molecular complexity index is 942. The highest BCUT2D eigenvalue weighted by molar-refractivity contribution is 6.00. The second-order valence-corrected chi connectivity index (χ2v) is 5.67. The Hall–Kier alpha value is -3.55. The molecular formula is C19H19FN4O3. The number of hydrogen-bond acceptors (Lipinski definition) is 4. The summed E-state index contributed by atoms with van der Waals surface area (Å²) in [5.41, 5.74) is 1.24. The maximum Gasteiger partial charge on any atom is 0.325 e. The molecule has 2 amide bonds. The van der Waals surface area contributed by atoms with Gasteiger partial charge in [-0.15, -0.1) is 0 Å². The summed E-state index contributed by atoms with van der Waals surface area (Å²) in [6, 6.07) is 12.5. The minimum absolute atomic E-state index is 0.301. The van der Waals surface area contributed by atoms with E-state index in [0.29, 0.717) is 29.5 Å². The van der Waals surface area contributed by atoms with Crippen LogP contribution in [0.1, 0.15) is 5.56 Å². The van der Waals surface area contributed by atoms with E-state index in [0.717, 1.165) is 5.56 Å². The van der Waals surface area contributed by atoms with Gasteiger partial charge in [0.1, 0.15) is 17.3 Å². The third-order valence-corrected chi connectivity index (χ3v) is 3.77. The average molecular weight is 370 g/mol. The van der Waals surface area contributed by atoms with E-state index in [1.165, 1.54) is 26.4 Å². The molecule has 140 valence electrons. The number of anilines is 2. The van der Waals surface area contributed by atoms with Gasteiger partial charge in [-0.25, -0.2) is 9.18 Å². The van der Waals surface area contributed by atoms with Crippen molar-refractivity contribution < 1.29 is 18.7 Å². The summed E-state index contributed by atoms with van der Waals surface area (Å²) in [5.74, 6) is 1.16. The lowest BCUT2D eigenvalue weighted by Gasteiger charge is -2.11. The molecule has 0 radical (unpaired) electrons. The fourth-order valence-electron chi connectivity index (χ4n) is 2.52. The van der Waals surface area contributed by atoms with E-state index >= 15 is 0 Å². The lowest BCUT2D eigenvalue weighted by atomic mass is 10.2. The highest BCUT2D eigenvalue weighted by atomic mass is 19.1. The van der Waals surface area contributed by atoms with E-state index in [-0.39, 0.29) is 5.82 Å². The maximum absolute atomic E-state index is 13.3. The topological polar surface area (TPSA) is 77.4 Å². The number of hydrogen-bond donors (Lipinski definition) is 2. The van der Waals surface area contributed by atoms with E-state index in [1.54, 1.807) is 47.3 Å². The van der Waals surface area contributed by atoms with Crippen molar-refractivity contribution in [3.63, 3.8) is 0 Å². The van der Waals surface area contributed by atoms with Crippen LogP contribution in [0.3, 0.4) is 0 Å². The Morgan fingerprint density at radius 1 is 1.11 bits per heavy atom. The number of urea groups is 1. The van der Waals surface area contributed by atoms with Crippen LogP contribution in [0.4, 0.5) is 20.7 Å². The summed E-state index contributed by atoms with van der Waals surface area (Å²) in [5, 5.41) is 9.60. The first-order valence-corrected chi connectivity index (χ1v) is 8.15. The molecule has 0 aliphatic carbocycles. The van der Waals surface area contributed by atoms with Crippen LogP contribution in [-0.2, 0) is 6.54 Å². The molecule has 8 heteroatoms. The van der Waals surface area contributed by atoms with Gasteiger partial charge in [0.15, 0.2) is 5.82 Å². The van der Waals surface area contributed by atoms with Crippen molar-refractivity contribution in [1.29, 1.82) is 0 Å². The Labute approximate surface area is 155 Å². The molecule has 0 saturated carbocycles. The van der Waals surface area contributed by atoms with E-state index in [4.69, 9.17) is 9.47 Å². The molecule has 0 aliphatic rings. The molecule has 27 heavy (non-hydrogen) atoms. The number of nitrogens with zero attached hydrogens (tertiary/aromatic N) is 2. The van der Waals surface area contributed by atoms with Gasteiger partial charge in [0.05, 0.1) is 26.5 Å². The van der Waals surface area contributed by atoms with Crippen LogP contribution in [0.25, 0.3) is 0 Å². The minimum Gasteiger partial charge on any atom is -0.497 e. The van der Waals surface area contributed by atoms with Gasteiger partial charge >= 0.3 is 6.03 Å². The molecule has 1 heterocycles. The number of benzene rings is 2. The molecule has 0 spiro atoms. The Balaban J connectivity index is 1.64. The molecule has 2 aromatic carbocycles. The van der Waals surface area contributed by atoms with E-state index < -0.39 is 6.03 Å². The number of methoxy groups -OCH3 is 2. The van der Waals surface area contributed by atoms with Crippen LogP contribution < -0.4 is 20.1 Å². The van der Waals surface area contributed by atoms with Gasteiger partial charge in [-0.05, 0) is 29.8 Å². The normalized spacial score (nSPS) is 10.3. The molecular weight excluding hydrogens is 351 g/mol. The Morgan fingerprint density at radius 2 is 1.96 bits per heavy atom. The smallest absolute Gasteiger partial charge is 0.325 e. The summed E-state index contributed by atoms with van der Waals surface area (Å²) in [6.07, 6.45) is 1.70. The quantitative estimate of drug-likeness (QED) is 0.693. The van der Waals surface area contributed by atoms with Crippen molar-refractivity contribution in [2.24, 2.45) is 0 Å². The highest BCUT2D eigenvalue weighted by Gasteiger charge is 2.10. The molecule has 0 atom stereocenters. The third-order valence-electron chi connectivity index (χ3n) is 3.77. The minimum atomic E-state index is -0.474. The fourth-order valence-corrected chi connectivity index (χ4v) is 2.52. The monoisotopic (exact) mass is 370 g/mol. The predicted octanol–water partition coefficient (Wildman–Crippen LogP) is 3.73. The van der Waals surface area contributed by atoms with Gasteiger partial charge < -0.3 is 14.8 Å². The second-order valence-electron chi connectivity index (χ2n) is 5.67. The molecule has 7 nitrogen and oxygen atoms in total. The van der Waals surface area contributed by atoms with Crippen molar-refractivity contribution in [2.45, 2.75) is 6.54 Å². The van der Waals surface area contributed by atoms with Crippen molar-refractivity contribution >= 4 is 17.5 Å². The first-order chi connectivity index (χ1) is 13.1. The molecule has 0 unspecified atom stereocenters. The number of aromatic nitrogens is 2. The fraction of sp³-hybridized carbons (Fsp3) is 0.158. The molecule has 1 aromatic heterocycles. The van der Waals surface area contributed by atoms with Gasteiger partial charge in [-0.1, -0.05) is 12.1 Å². The Morgan fingerprint density at radius 3 is 2.70 bits per heavy atom. The summed E-state index contributed by atoms with van der Waals surface area (Å²) >= 11 is 0. The van der Waals surface area contributed by atoms with Crippen molar-refractivity contribution in [3.8, 4) is 11.5 Å². The van der Waals surface area contributed by atoms with Gasteiger partial charge in [0.2, 0.25) is 0 Å². The molecule has 0 fully saturated rings. The first kappa shape index (κ1) is 18.2. The van der Waals surface area contributed by atoms with Gasteiger partial charge in [-0.2, -0.15) is 5.10 Å². The summed E-state index contributed by atoms with van der Waals surface area (Å²) in [6.45, 7) is 0.394. The SMILES string of the molecule is COc1ccc(OC)c(NC(=O)Nc2ccn(Cc3cccc(F)c3)n2)c1. The largest absolute Gasteiger partial charge is 0.497 e. The molecule has 0 saturated heterocycles. The number of amides is 2. The zero-order valence-corrected chi connectivity index (χ0v) is 14.9. The lowest BCUT2D eigenvalue weighted by molar-refractivity contribution is 0.262. The second kappa shape index (κ2) is 8.22. The average Bonchev–Trinajstić information content (AvgIpc) is 3.08. The molecule has 0 aliphatic heterocycles. The van der Waals surface area contributed by atoms with Gasteiger partial charge in [0, 0.05) is 18.3 Å². The van der Waals surface area contributed by atoms with Gasteiger partial charge in [-0.3, -0.25) is 10.00 Å². The molecule has 2 N–H and O–H groups in total. The van der Waals surface area contributed by atoms with Crippen LogP contribution in [0.15, 0.2) is 54.7 Å². The summed E-state index contributed by atoms with van der Waals surface area (Å²) < 4.78 is 25.2. The zero-order chi connectivity index (χ0) is 19.2. The van der Waals surface area contributed by atoms with Crippen LogP contribution in [0, 0.1) is 5.82 Å². The number of halogens is 1. The van der Waals surface area contributed by atoms with Crippen LogP contribution in [-0.4, -0.2) is 30.0 Å². The number of carbonyl (C=O) groups excluding carboxylic acids is 1. The van der Waals surface area contributed by atoms with Gasteiger partial charge in [0.25, 0.3) is 0 Å². The number of ether oxygens (including phenoxy) is 2. The van der Waals surface area contributed by atoms with E-state index in [1.807, 2.05) is 0 Å². The standard InChI is InChI=1S/C19H19FN4O3/c1-26-15-6-7-17(27-2)16(11-15)21-19(25)22-18-8-9-24(23-18)12-13-4-3-5-14(20)10-13/h3-11H,12H2,1-2H3,(H2,21,22,23,25). The molecule has 0 bridgehead atoms. The van der Waals surface area contributed by atoms with Crippen molar-refractivity contribution in [2.75, 3.05) is 24.9 Å². The molecule has 3 rings (SSSR count). The van der Waals surface area contributed by atoms with E-state index in [9.17, 15) is 9.18 Å². The first-order valence-electron chi connectivity index (χ1n) is 8.15. The van der Waals surface area contributed by atoms with Crippen LogP contribution in [0.2, 0.25) is 0 Å². The maximum atomic E-state index is 13.3. The highest BCUT2D eigenvalue weighted by Crippen LogP contribution is 2.28. The van der Waals surface area contributed by atoms with Crippen molar-refractivity contribution in [3.05, 3.63) is 66.1 Å². The summed E-state index contributed by atoms with van der Waals surface area (Å²) in [4.78, 5) is 12.2. The predicted molar refractivity (Wildman–Crippen MR) is 99.9 cm³/mol.